The highest BCUT2D eigenvalue weighted by Crippen LogP contribution is 2.19. The zero-order valence-corrected chi connectivity index (χ0v) is 18.5. The van der Waals surface area contributed by atoms with Gasteiger partial charge in [0, 0.05) is 32.3 Å². The van der Waals surface area contributed by atoms with Gasteiger partial charge in [-0.25, -0.2) is 4.79 Å². The molecule has 1 aliphatic rings. The normalized spacial score (nSPS) is 16.7. The minimum Gasteiger partial charge on any atom is -0.445 e. The molecule has 33 heavy (non-hydrogen) atoms. The number of carbonyl (C=O) groups excluding carboxylic acids is 2. The van der Waals surface area contributed by atoms with Gasteiger partial charge in [-0.05, 0) is 29.9 Å². The zero-order chi connectivity index (χ0) is 22.9. The molecule has 1 aromatic heterocycles. The molecule has 1 fully saturated rings. The fourth-order valence-corrected chi connectivity index (χ4v) is 4.19. The van der Waals surface area contributed by atoms with Gasteiger partial charge in [0.2, 0.25) is 5.91 Å². The number of amides is 2. The number of alkyl carbamates (subject to hydrolysis) is 1. The van der Waals surface area contributed by atoms with Crippen LogP contribution in [0.1, 0.15) is 24.0 Å². The van der Waals surface area contributed by atoms with Crippen LogP contribution in [-0.2, 0) is 29.1 Å². The summed E-state index contributed by atoms with van der Waals surface area (Å²) < 4.78 is 7.19. The van der Waals surface area contributed by atoms with Crippen molar-refractivity contribution in [3.8, 4) is 0 Å². The van der Waals surface area contributed by atoms with E-state index in [4.69, 9.17) is 4.74 Å². The van der Waals surface area contributed by atoms with Crippen LogP contribution in [0.4, 0.5) is 4.79 Å². The van der Waals surface area contributed by atoms with Crippen molar-refractivity contribution in [2.45, 2.75) is 38.5 Å². The van der Waals surface area contributed by atoms with Crippen molar-refractivity contribution in [1.82, 2.24) is 25.2 Å². The van der Waals surface area contributed by atoms with Gasteiger partial charge < -0.3 is 15.0 Å². The maximum atomic E-state index is 13.5. The van der Waals surface area contributed by atoms with E-state index in [-0.39, 0.29) is 12.5 Å². The van der Waals surface area contributed by atoms with Gasteiger partial charge in [-0.1, -0.05) is 65.9 Å². The van der Waals surface area contributed by atoms with Gasteiger partial charge >= 0.3 is 6.09 Å². The number of ether oxygens (including phenoxy) is 1. The third-order valence-electron chi connectivity index (χ3n) is 5.83. The monoisotopic (exact) mass is 447 g/mol. The Balaban J connectivity index is 1.40. The number of hydrogen-bond donors (Lipinski definition) is 1. The highest BCUT2D eigenvalue weighted by atomic mass is 16.5. The van der Waals surface area contributed by atoms with Crippen molar-refractivity contribution >= 4 is 12.0 Å². The summed E-state index contributed by atoms with van der Waals surface area (Å²) >= 11 is 0. The molecule has 0 saturated carbocycles. The molecule has 8 heteroatoms. The number of nitrogens with zero attached hydrogens (tertiary/aromatic N) is 4. The predicted molar refractivity (Wildman–Crippen MR) is 123 cm³/mol. The minimum absolute atomic E-state index is 0.0844. The molecule has 0 bridgehead atoms. The fraction of sp³-hybridized carbons (Fsp3) is 0.360. The van der Waals surface area contributed by atoms with Gasteiger partial charge in [-0.3, -0.25) is 9.48 Å². The summed E-state index contributed by atoms with van der Waals surface area (Å²) in [7, 11) is 0. The summed E-state index contributed by atoms with van der Waals surface area (Å²) in [5.74, 6) is 0.214. The molecule has 3 aromatic rings. The average molecular weight is 448 g/mol. The summed E-state index contributed by atoms with van der Waals surface area (Å²) in [6.07, 6.45) is 5.26. The van der Waals surface area contributed by atoms with E-state index in [1.165, 1.54) is 0 Å². The molecule has 2 aromatic carbocycles. The number of benzene rings is 2. The van der Waals surface area contributed by atoms with Crippen LogP contribution in [0, 0.1) is 5.92 Å². The lowest BCUT2D eigenvalue weighted by atomic mass is 9.96. The molecular weight excluding hydrogens is 418 g/mol. The first-order valence-electron chi connectivity index (χ1n) is 11.3. The lowest BCUT2D eigenvalue weighted by molar-refractivity contribution is -0.135. The van der Waals surface area contributed by atoms with Crippen LogP contribution >= 0.6 is 0 Å². The topological polar surface area (TPSA) is 89.4 Å². The molecule has 1 aliphatic heterocycles. The molecule has 1 saturated heterocycles. The standard InChI is InChI=1S/C25H29N5O3/c31-24(29-14-7-12-22(17-29)18-30-15-13-26-28-30)23(16-20-8-3-1-4-9-20)27-25(32)33-19-21-10-5-2-6-11-21/h1-6,8-11,13,15,22-23H,7,12,14,16-19H2,(H,27,32). The molecule has 2 atom stereocenters. The quantitative estimate of drug-likeness (QED) is 0.573. The first-order valence-corrected chi connectivity index (χ1v) is 11.3. The minimum atomic E-state index is -0.694. The Morgan fingerprint density at radius 1 is 1.06 bits per heavy atom. The molecule has 2 unspecified atom stereocenters. The van der Waals surface area contributed by atoms with Crippen LogP contribution in [-0.4, -0.2) is 51.0 Å². The van der Waals surface area contributed by atoms with Crippen LogP contribution in [0.25, 0.3) is 0 Å². The molecule has 0 aliphatic carbocycles. The second kappa shape index (κ2) is 11.3. The van der Waals surface area contributed by atoms with Crippen molar-refractivity contribution in [2.75, 3.05) is 13.1 Å². The number of piperidine rings is 1. The number of nitrogens with one attached hydrogen (secondary N) is 1. The Morgan fingerprint density at radius 2 is 1.79 bits per heavy atom. The zero-order valence-electron chi connectivity index (χ0n) is 18.5. The second-order valence-corrected chi connectivity index (χ2v) is 8.37. The van der Waals surface area contributed by atoms with Crippen LogP contribution in [0.2, 0.25) is 0 Å². The first-order chi connectivity index (χ1) is 16.2. The number of rotatable bonds is 8. The van der Waals surface area contributed by atoms with Crippen LogP contribution in [0.3, 0.4) is 0 Å². The van der Waals surface area contributed by atoms with Crippen LogP contribution < -0.4 is 5.32 Å². The van der Waals surface area contributed by atoms with Crippen molar-refractivity contribution in [3.63, 3.8) is 0 Å². The Kier molecular flexibility index (Phi) is 7.68. The number of aromatic nitrogens is 3. The van der Waals surface area contributed by atoms with Crippen LogP contribution in [0.5, 0.6) is 0 Å². The lowest BCUT2D eigenvalue weighted by Gasteiger charge is -2.35. The molecule has 0 spiro atoms. The second-order valence-electron chi connectivity index (χ2n) is 8.37. The van der Waals surface area contributed by atoms with E-state index in [9.17, 15) is 9.59 Å². The van der Waals surface area contributed by atoms with E-state index >= 15 is 0 Å². The molecule has 172 valence electrons. The Labute approximate surface area is 193 Å². The molecule has 2 amide bonds. The molecule has 4 rings (SSSR count). The van der Waals surface area contributed by atoms with E-state index in [1.54, 1.807) is 10.9 Å². The van der Waals surface area contributed by atoms with Crippen LogP contribution in [0.15, 0.2) is 73.1 Å². The van der Waals surface area contributed by atoms with Crippen molar-refractivity contribution in [1.29, 1.82) is 0 Å². The Hall–Kier alpha value is -3.68. The molecular formula is C25H29N5O3. The maximum Gasteiger partial charge on any atom is 0.408 e. The maximum absolute atomic E-state index is 13.5. The van der Waals surface area contributed by atoms with Crippen molar-refractivity contribution in [3.05, 3.63) is 84.2 Å². The van der Waals surface area contributed by atoms with E-state index in [1.807, 2.05) is 71.8 Å². The average Bonchev–Trinajstić information content (AvgIpc) is 3.36. The number of carbonyl (C=O) groups is 2. The van der Waals surface area contributed by atoms with Gasteiger partial charge in [0.15, 0.2) is 0 Å². The Bertz CT molecular complexity index is 1010. The SMILES string of the molecule is O=C(NC(Cc1ccccc1)C(=O)N1CCCC(Cn2ccnn2)C1)OCc1ccccc1. The van der Waals surface area contributed by atoms with Crippen molar-refractivity contribution in [2.24, 2.45) is 5.92 Å². The fourth-order valence-electron chi connectivity index (χ4n) is 4.19. The smallest absolute Gasteiger partial charge is 0.408 e. The lowest BCUT2D eigenvalue weighted by Crippen LogP contribution is -2.52. The summed E-state index contributed by atoms with van der Waals surface area (Å²) in [5.41, 5.74) is 1.88. The van der Waals surface area contributed by atoms with Gasteiger partial charge in [0.25, 0.3) is 0 Å². The van der Waals surface area contributed by atoms with E-state index in [2.05, 4.69) is 15.6 Å². The number of hydrogen-bond acceptors (Lipinski definition) is 5. The van der Waals surface area contributed by atoms with Gasteiger partial charge in [0.05, 0.1) is 6.20 Å². The highest BCUT2D eigenvalue weighted by Gasteiger charge is 2.30. The van der Waals surface area contributed by atoms with Gasteiger partial charge in [-0.15, -0.1) is 5.10 Å². The van der Waals surface area contributed by atoms with Gasteiger partial charge in [0.1, 0.15) is 12.6 Å². The molecule has 2 heterocycles. The summed E-state index contributed by atoms with van der Waals surface area (Å²) in [4.78, 5) is 27.9. The first kappa shape index (κ1) is 22.5. The van der Waals surface area contributed by atoms with Gasteiger partial charge in [-0.2, -0.15) is 0 Å². The van der Waals surface area contributed by atoms with E-state index < -0.39 is 12.1 Å². The molecule has 0 radical (unpaired) electrons. The molecule has 1 N–H and O–H groups in total. The predicted octanol–water partition coefficient (Wildman–Crippen LogP) is 3.05. The highest BCUT2D eigenvalue weighted by molar-refractivity contribution is 5.86. The van der Waals surface area contributed by atoms with E-state index in [0.29, 0.717) is 25.4 Å². The largest absolute Gasteiger partial charge is 0.445 e. The third-order valence-corrected chi connectivity index (χ3v) is 5.83. The molecule has 8 nitrogen and oxygen atoms in total. The Morgan fingerprint density at radius 3 is 2.48 bits per heavy atom. The van der Waals surface area contributed by atoms with E-state index in [0.717, 1.165) is 30.5 Å². The summed E-state index contributed by atoms with van der Waals surface area (Å²) in [5, 5.41) is 10.7. The summed E-state index contributed by atoms with van der Waals surface area (Å²) in [6.45, 7) is 2.19. The summed E-state index contributed by atoms with van der Waals surface area (Å²) in [6, 6.07) is 18.5. The third kappa shape index (κ3) is 6.65. The number of likely N-dealkylation sites (tertiary alicyclic amines) is 1. The van der Waals surface area contributed by atoms with Crippen molar-refractivity contribution < 1.29 is 14.3 Å².